The monoisotopic (exact) mass is 162 g/mol. The maximum atomic E-state index is 2.41. The van der Waals surface area contributed by atoms with E-state index < -0.39 is 0 Å². The van der Waals surface area contributed by atoms with Crippen LogP contribution >= 0.6 is 0 Å². The molecule has 3 rings (SSSR count). The Morgan fingerprint density at radius 1 is 1.33 bits per heavy atom. The Kier molecular flexibility index (Phi) is 1.18. The van der Waals surface area contributed by atoms with Crippen LogP contribution in [-0.4, -0.2) is 0 Å². The first kappa shape index (κ1) is 7.17. The molecular formula is C12H18. The van der Waals surface area contributed by atoms with E-state index in [9.17, 15) is 0 Å². The minimum Gasteiger partial charge on any atom is -0.0673 e. The average Bonchev–Trinajstić information content (AvgIpc) is 2.62. The Balaban J connectivity index is 1.97. The van der Waals surface area contributed by atoms with E-state index in [0.717, 1.165) is 17.3 Å². The molecule has 0 aromatic carbocycles. The maximum absolute atomic E-state index is 2.41. The molecule has 2 unspecified atom stereocenters. The number of allylic oxidation sites excluding steroid dienone is 2. The van der Waals surface area contributed by atoms with Gasteiger partial charge in [-0.1, -0.05) is 25.0 Å². The fourth-order valence-corrected chi connectivity index (χ4v) is 3.43. The Hall–Kier alpha value is -0.260. The summed E-state index contributed by atoms with van der Waals surface area (Å²) in [6.07, 6.45) is 7.45. The second-order valence-corrected chi connectivity index (χ2v) is 5.27. The molecule has 2 atom stereocenters. The molecule has 0 aromatic rings. The molecule has 0 radical (unpaired) electrons. The van der Waals surface area contributed by atoms with Crippen LogP contribution < -0.4 is 0 Å². The molecule has 0 bridgehead atoms. The second-order valence-electron chi connectivity index (χ2n) is 5.27. The van der Waals surface area contributed by atoms with E-state index in [0.29, 0.717) is 0 Å². The molecular weight excluding hydrogens is 144 g/mol. The van der Waals surface area contributed by atoms with Crippen molar-refractivity contribution in [2.24, 2.45) is 17.3 Å². The van der Waals surface area contributed by atoms with Crippen LogP contribution in [0, 0.1) is 17.3 Å². The molecule has 0 spiro atoms. The molecule has 3 aliphatic carbocycles. The average molecular weight is 162 g/mol. The summed E-state index contributed by atoms with van der Waals surface area (Å²) in [4.78, 5) is 0. The summed E-state index contributed by atoms with van der Waals surface area (Å²) in [5.41, 5.74) is 4.53. The van der Waals surface area contributed by atoms with Crippen LogP contribution in [0.1, 0.15) is 46.0 Å². The molecule has 0 saturated heterocycles. The molecule has 0 heterocycles. The van der Waals surface area contributed by atoms with Crippen LogP contribution in [0.4, 0.5) is 0 Å². The fraction of sp³-hybridized carbons (Fsp3) is 0.833. The standard InChI is InChI=1S/C12H18/c1-8(2)12-6-5-9-3-4-10(9)11(12)7-12/h8-9H,3-7H2,1-2H3. The first-order valence-corrected chi connectivity index (χ1v) is 5.46. The van der Waals surface area contributed by atoms with Gasteiger partial charge in [0, 0.05) is 0 Å². The van der Waals surface area contributed by atoms with Crippen molar-refractivity contribution in [1.29, 1.82) is 0 Å². The van der Waals surface area contributed by atoms with Gasteiger partial charge in [0.15, 0.2) is 0 Å². The normalized spacial score (nSPS) is 43.8. The van der Waals surface area contributed by atoms with Gasteiger partial charge in [-0.25, -0.2) is 0 Å². The van der Waals surface area contributed by atoms with E-state index in [2.05, 4.69) is 13.8 Å². The molecule has 0 aliphatic heterocycles. The van der Waals surface area contributed by atoms with Gasteiger partial charge < -0.3 is 0 Å². The van der Waals surface area contributed by atoms with Gasteiger partial charge in [0.05, 0.1) is 0 Å². The number of hydrogen-bond donors (Lipinski definition) is 0. The smallest absolute Gasteiger partial charge is 0.00244 e. The lowest BCUT2D eigenvalue weighted by Gasteiger charge is -2.37. The van der Waals surface area contributed by atoms with Crippen molar-refractivity contribution in [3.8, 4) is 0 Å². The van der Waals surface area contributed by atoms with Crippen LogP contribution in [-0.2, 0) is 0 Å². The van der Waals surface area contributed by atoms with Crippen molar-refractivity contribution in [3.05, 3.63) is 11.1 Å². The van der Waals surface area contributed by atoms with E-state index in [1.807, 2.05) is 11.1 Å². The van der Waals surface area contributed by atoms with Crippen molar-refractivity contribution in [3.63, 3.8) is 0 Å². The van der Waals surface area contributed by atoms with Crippen molar-refractivity contribution in [2.45, 2.75) is 46.0 Å². The fourth-order valence-electron chi connectivity index (χ4n) is 3.43. The lowest BCUT2D eigenvalue weighted by molar-refractivity contribution is 0.272. The topological polar surface area (TPSA) is 0 Å². The largest absolute Gasteiger partial charge is 0.0673 e. The van der Waals surface area contributed by atoms with Crippen molar-refractivity contribution in [1.82, 2.24) is 0 Å². The molecule has 12 heavy (non-hydrogen) atoms. The Labute approximate surface area is 75.0 Å². The van der Waals surface area contributed by atoms with Crippen LogP contribution in [0.3, 0.4) is 0 Å². The number of fused-ring (bicyclic) bond motifs is 2. The summed E-state index contributed by atoms with van der Waals surface area (Å²) in [6.45, 7) is 4.82. The Morgan fingerprint density at radius 3 is 2.75 bits per heavy atom. The summed E-state index contributed by atoms with van der Waals surface area (Å²) >= 11 is 0. The first-order chi connectivity index (χ1) is 5.74. The van der Waals surface area contributed by atoms with Gasteiger partial charge in [-0.3, -0.25) is 0 Å². The quantitative estimate of drug-likeness (QED) is 0.517. The third-order valence-corrected chi connectivity index (χ3v) is 4.65. The Morgan fingerprint density at radius 2 is 2.17 bits per heavy atom. The molecule has 0 heteroatoms. The Bertz CT molecular complexity index is 259. The van der Waals surface area contributed by atoms with Gasteiger partial charge >= 0.3 is 0 Å². The van der Waals surface area contributed by atoms with E-state index in [-0.39, 0.29) is 0 Å². The van der Waals surface area contributed by atoms with E-state index in [4.69, 9.17) is 0 Å². The van der Waals surface area contributed by atoms with Gasteiger partial charge in [-0.15, -0.1) is 0 Å². The highest BCUT2D eigenvalue weighted by Gasteiger charge is 2.56. The number of rotatable bonds is 1. The van der Waals surface area contributed by atoms with Crippen molar-refractivity contribution >= 4 is 0 Å². The van der Waals surface area contributed by atoms with Crippen LogP contribution in [0.2, 0.25) is 0 Å². The predicted octanol–water partition coefficient (Wildman–Crippen LogP) is 3.53. The van der Waals surface area contributed by atoms with Gasteiger partial charge in [0.1, 0.15) is 0 Å². The van der Waals surface area contributed by atoms with Gasteiger partial charge in [0.25, 0.3) is 0 Å². The summed E-state index contributed by atoms with van der Waals surface area (Å²) < 4.78 is 0. The minimum atomic E-state index is 0.728. The highest BCUT2D eigenvalue weighted by molar-refractivity contribution is 5.44. The zero-order chi connectivity index (χ0) is 8.34. The third kappa shape index (κ3) is 0.654. The zero-order valence-corrected chi connectivity index (χ0v) is 8.19. The maximum Gasteiger partial charge on any atom is -0.00244 e. The third-order valence-electron chi connectivity index (χ3n) is 4.65. The lowest BCUT2D eigenvalue weighted by Crippen LogP contribution is -2.24. The second kappa shape index (κ2) is 1.97. The highest BCUT2D eigenvalue weighted by Crippen LogP contribution is 2.68. The molecule has 0 N–H and O–H groups in total. The van der Waals surface area contributed by atoms with E-state index >= 15 is 0 Å². The van der Waals surface area contributed by atoms with E-state index in [1.165, 1.54) is 32.1 Å². The molecule has 3 aliphatic rings. The predicted molar refractivity (Wildman–Crippen MR) is 50.9 cm³/mol. The summed E-state index contributed by atoms with van der Waals surface area (Å²) in [6, 6.07) is 0. The van der Waals surface area contributed by atoms with Crippen LogP contribution in [0.5, 0.6) is 0 Å². The van der Waals surface area contributed by atoms with E-state index in [1.54, 1.807) is 0 Å². The molecule has 0 aromatic heterocycles. The van der Waals surface area contributed by atoms with Crippen LogP contribution in [0.25, 0.3) is 0 Å². The lowest BCUT2D eigenvalue weighted by atomic mass is 9.68. The van der Waals surface area contributed by atoms with Crippen LogP contribution in [0.15, 0.2) is 11.1 Å². The van der Waals surface area contributed by atoms with Gasteiger partial charge in [0.2, 0.25) is 0 Å². The van der Waals surface area contributed by atoms with Gasteiger partial charge in [-0.05, 0) is 49.4 Å². The SMILES string of the molecule is CC(C)C12CCC3CCC3=C1C2. The van der Waals surface area contributed by atoms with Gasteiger partial charge in [-0.2, -0.15) is 0 Å². The summed E-state index contributed by atoms with van der Waals surface area (Å²) in [5, 5.41) is 0. The number of hydrogen-bond acceptors (Lipinski definition) is 0. The molecule has 0 amide bonds. The first-order valence-electron chi connectivity index (χ1n) is 5.46. The van der Waals surface area contributed by atoms with Crippen molar-refractivity contribution < 1.29 is 0 Å². The molecule has 66 valence electrons. The molecule has 0 nitrogen and oxygen atoms in total. The van der Waals surface area contributed by atoms with Crippen molar-refractivity contribution in [2.75, 3.05) is 0 Å². The zero-order valence-electron chi connectivity index (χ0n) is 8.19. The minimum absolute atomic E-state index is 0.728. The summed E-state index contributed by atoms with van der Waals surface area (Å²) in [5.74, 6) is 1.95. The highest BCUT2D eigenvalue weighted by atomic mass is 14.6. The summed E-state index contributed by atoms with van der Waals surface area (Å²) in [7, 11) is 0. The molecule has 2 saturated carbocycles. The molecule has 2 fully saturated rings.